The number of hydrogen-bond acceptors (Lipinski definition) is 1. The van der Waals surface area contributed by atoms with Gasteiger partial charge in [0.1, 0.15) is 0 Å². The van der Waals surface area contributed by atoms with E-state index < -0.39 is 0 Å². The van der Waals surface area contributed by atoms with Crippen LogP contribution in [0.3, 0.4) is 0 Å². The van der Waals surface area contributed by atoms with Gasteiger partial charge in [-0.25, -0.2) is 0 Å². The Hall–Kier alpha value is -6.96. The Kier molecular flexibility index (Phi) is 11.5. The first-order valence-corrected chi connectivity index (χ1v) is 19.9. The maximum Gasteiger partial charge on any atom is 0.0458 e. The van der Waals surface area contributed by atoms with Crippen LogP contribution in [0.5, 0.6) is 0 Å². The van der Waals surface area contributed by atoms with Gasteiger partial charge in [0.2, 0.25) is 0 Å². The highest BCUT2D eigenvalue weighted by Crippen LogP contribution is 2.45. The second-order valence-corrected chi connectivity index (χ2v) is 14.6. The minimum Gasteiger partial charge on any atom is -0.314 e. The lowest BCUT2D eigenvalue weighted by atomic mass is 9.81. The Bertz CT molecular complexity index is 2520. The smallest absolute Gasteiger partial charge is 0.0458 e. The topological polar surface area (TPSA) is 3.24 Å². The largest absolute Gasteiger partial charge is 0.314 e. The van der Waals surface area contributed by atoms with E-state index in [4.69, 9.17) is 0 Å². The molecule has 0 heterocycles. The Morgan fingerprint density at radius 1 is 0.474 bits per heavy atom. The van der Waals surface area contributed by atoms with E-state index in [1.54, 1.807) is 6.08 Å². The molecule has 0 radical (unpaired) electrons. The first-order chi connectivity index (χ1) is 28.1. The summed E-state index contributed by atoms with van der Waals surface area (Å²) in [6, 6.07) is 68.2. The van der Waals surface area contributed by atoms with Gasteiger partial charge in [0.25, 0.3) is 0 Å². The highest BCUT2D eigenvalue weighted by Gasteiger charge is 2.27. The van der Waals surface area contributed by atoms with E-state index in [9.17, 15) is 0 Å². The van der Waals surface area contributed by atoms with E-state index in [1.165, 1.54) is 66.9 Å². The number of rotatable bonds is 12. The number of allylic oxidation sites excluding steroid dienone is 9. The molecule has 1 heteroatoms. The third-order valence-electron chi connectivity index (χ3n) is 10.8. The van der Waals surface area contributed by atoms with Gasteiger partial charge >= 0.3 is 0 Å². The number of anilines is 2. The molecule has 0 saturated heterocycles. The molecule has 7 aromatic carbocycles. The van der Waals surface area contributed by atoms with Crippen molar-refractivity contribution in [2.24, 2.45) is 5.92 Å². The molecule has 1 nitrogen and oxygen atoms in total. The molecule has 0 bridgehead atoms. The molecule has 8 rings (SSSR count). The molecule has 1 atom stereocenters. The van der Waals surface area contributed by atoms with Crippen LogP contribution in [0.2, 0.25) is 0 Å². The molecule has 0 spiro atoms. The molecule has 57 heavy (non-hydrogen) atoms. The van der Waals surface area contributed by atoms with Gasteiger partial charge in [-0.3, -0.25) is 0 Å². The summed E-state index contributed by atoms with van der Waals surface area (Å²) in [5, 5.41) is 0. The summed E-state index contributed by atoms with van der Waals surface area (Å²) in [7, 11) is 0. The summed E-state index contributed by atoms with van der Waals surface area (Å²) >= 11 is 0. The fourth-order valence-electron chi connectivity index (χ4n) is 7.77. The van der Waals surface area contributed by atoms with E-state index in [2.05, 4.69) is 225 Å². The summed E-state index contributed by atoms with van der Waals surface area (Å²) < 4.78 is 0. The maximum atomic E-state index is 3.76. The lowest BCUT2D eigenvalue weighted by molar-refractivity contribution is 0.682. The SMILES string of the molecule is C=C/C=C\C=C/Cc1ccc(N(C2=CC(c3ccccc3)=C(c3ccc(-c4ccc(-c5ccccc5)cc4)cc3)CC2C)c2ccc(-c3ccccc3)cc2)cc1. The van der Waals surface area contributed by atoms with Crippen LogP contribution in [0.25, 0.3) is 44.5 Å². The van der Waals surface area contributed by atoms with Gasteiger partial charge in [0.05, 0.1) is 0 Å². The zero-order valence-corrected chi connectivity index (χ0v) is 32.5. The standard InChI is InChI=1S/C56H47N/c1-3-4-5-6-10-17-43-24-36-52(37-25-43)57(53-38-34-49(35-39-53)45-20-13-8-14-21-45)56-41-55(50-22-15-9-16-23-50)54(40-42(56)2)51-32-30-48(31-33-51)47-28-26-46(27-29-47)44-18-11-7-12-19-44/h3-16,18-39,41-42H,1,17,40H2,2H3/b5-4-,10-6-. The fraction of sp³-hybridized carbons (Fsp3) is 0.0714. The van der Waals surface area contributed by atoms with Gasteiger partial charge in [0, 0.05) is 23.0 Å². The molecule has 1 unspecified atom stereocenters. The molecular weight excluding hydrogens is 687 g/mol. The predicted molar refractivity (Wildman–Crippen MR) is 245 cm³/mol. The van der Waals surface area contributed by atoms with Crippen molar-refractivity contribution in [2.75, 3.05) is 4.90 Å². The minimum atomic E-state index is 0.255. The van der Waals surface area contributed by atoms with E-state index in [0.717, 1.165) is 24.2 Å². The predicted octanol–water partition coefficient (Wildman–Crippen LogP) is 15.2. The number of nitrogens with zero attached hydrogens (tertiary/aromatic N) is 1. The summed E-state index contributed by atoms with van der Waals surface area (Å²) in [5.41, 5.74) is 17.3. The molecule has 0 fully saturated rings. The summed E-state index contributed by atoms with van der Waals surface area (Å²) in [5.74, 6) is 0.255. The molecule has 0 aliphatic heterocycles. The van der Waals surface area contributed by atoms with E-state index in [1.807, 2.05) is 12.2 Å². The first-order valence-electron chi connectivity index (χ1n) is 19.9. The van der Waals surface area contributed by atoms with Gasteiger partial charge in [-0.05, 0) is 104 Å². The van der Waals surface area contributed by atoms with E-state index >= 15 is 0 Å². The third kappa shape index (κ3) is 8.64. The van der Waals surface area contributed by atoms with Crippen LogP contribution in [0, 0.1) is 5.92 Å². The molecule has 0 saturated carbocycles. The van der Waals surface area contributed by atoms with Gasteiger partial charge in [0.15, 0.2) is 0 Å². The van der Waals surface area contributed by atoms with Crippen LogP contribution in [0.4, 0.5) is 11.4 Å². The van der Waals surface area contributed by atoms with Crippen molar-refractivity contribution in [3.05, 3.63) is 253 Å². The van der Waals surface area contributed by atoms with Crippen molar-refractivity contribution in [3.63, 3.8) is 0 Å². The van der Waals surface area contributed by atoms with Gasteiger partial charge in [-0.15, -0.1) is 0 Å². The number of benzene rings is 7. The van der Waals surface area contributed by atoms with Gasteiger partial charge in [-0.1, -0.05) is 208 Å². The van der Waals surface area contributed by atoms with Crippen molar-refractivity contribution in [1.29, 1.82) is 0 Å². The van der Waals surface area contributed by atoms with Crippen LogP contribution in [0.15, 0.2) is 237 Å². The van der Waals surface area contributed by atoms with Gasteiger partial charge in [-0.2, -0.15) is 0 Å². The van der Waals surface area contributed by atoms with Crippen LogP contribution in [0.1, 0.15) is 30.0 Å². The molecular formula is C56H47N. The Morgan fingerprint density at radius 2 is 0.895 bits per heavy atom. The second kappa shape index (κ2) is 17.7. The average molecular weight is 734 g/mol. The lowest BCUT2D eigenvalue weighted by Crippen LogP contribution is -2.24. The Morgan fingerprint density at radius 3 is 1.39 bits per heavy atom. The third-order valence-corrected chi connectivity index (χ3v) is 10.8. The average Bonchev–Trinajstić information content (AvgIpc) is 3.28. The Labute approximate surface area is 338 Å². The van der Waals surface area contributed by atoms with Crippen LogP contribution in [-0.2, 0) is 6.42 Å². The molecule has 7 aromatic rings. The summed E-state index contributed by atoms with van der Waals surface area (Å²) in [4.78, 5) is 2.47. The summed E-state index contributed by atoms with van der Waals surface area (Å²) in [6.07, 6.45) is 14.3. The maximum absolute atomic E-state index is 3.76. The fourth-order valence-corrected chi connectivity index (χ4v) is 7.77. The van der Waals surface area contributed by atoms with Crippen LogP contribution >= 0.6 is 0 Å². The van der Waals surface area contributed by atoms with E-state index in [0.29, 0.717) is 0 Å². The first kappa shape index (κ1) is 37.0. The van der Waals surface area contributed by atoms with Crippen molar-refractivity contribution >= 4 is 22.5 Å². The number of hydrogen-bond donors (Lipinski definition) is 0. The Balaban J connectivity index is 1.17. The normalized spacial score (nSPS) is 14.2. The molecule has 0 aromatic heterocycles. The molecule has 0 amide bonds. The second-order valence-electron chi connectivity index (χ2n) is 14.6. The molecule has 0 N–H and O–H groups in total. The van der Waals surface area contributed by atoms with Crippen LogP contribution in [-0.4, -0.2) is 0 Å². The van der Waals surface area contributed by atoms with Crippen molar-refractivity contribution in [3.8, 4) is 33.4 Å². The van der Waals surface area contributed by atoms with Crippen molar-refractivity contribution in [1.82, 2.24) is 0 Å². The van der Waals surface area contributed by atoms with Crippen molar-refractivity contribution < 1.29 is 0 Å². The lowest BCUT2D eigenvalue weighted by Gasteiger charge is -2.35. The highest BCUT2D eigenvalue weighted by molar-refractivity contribution is 5.98. The van der Waals surface area contributed by atoms with Crippen molar-refractivity contribution in [2.45, 2.75) is 19.8 Å². The molecule has 276 valence electrons. The molecule has 1 aliphatic rings. The minimum absolute atomic E-state index is 0.255. The highest BCUT2D eigenvalue weighted by atomic mass is 15.2. The van der Waals surface area contributed by atoms with E-state index in [-0.39, 0.29) is 5.92 Å². The van der Waals surface area contributed by atoms with Crippen LogP contribution < -0.4 is 4.90 Å². The monoisotopic (exact) mass is 733 g/mol. The quantitative estimate of drug-likeness (QED) is 0.113. The summed E-state index contributed by atoms with van der Waals surface area (Å²) in [6.45, 7) is 6.14. The zero-order valence-electron chi connectivity index (χ0n) is 32.5. The zero-order chi connectivity index (χ0) is 38.8. The molecule has 1 aliphatic carbocycles. The van der Waals surface area contributed by atoms with Gasteiger partial charge < -0.3 is 4.90 Å².